The van der Waals surface area contributed by atoms with Crippen molar-refractivity contribution in [3.05, 3.63) is 38.6 Å². The van der Waals surface area contributed by atoms with Crippen molar-refractivity contribution < 1.29 is 4.74 Å². The lowest BCUT2D eigenvalue weighted by Crippen LogP contribution is -2.35. The highest BCUT2D eigenvalue weighted by atomic mass is 127. The monoisotopic (exact) mass is 381 g/mol. The highest BCUT2D eigenvalue weighted by Crippen LogP contribution is 2.37. The summed E-state index contributed by atoms with van der Waals surface area (Å²) in [7, 11) is 0. The molecular formula is C15H16IN3O. The summed E-state index contributed by atoms with van der Waals surface area (Å²) in [5.74, 6) is 0. The SMILES string of the molecule is Ic1[nH]nc2c1Cc1cc(CN3CCOCC3)ccc1-2. The lowest BCUT2D eigenvalue weighted by Gasteiger charge is -2.26. The van der Waals surface area contributed by atoms with Crippen molar-refractivity contribution in [3.63, 3.8) is 0 Å². The summed E-state index contributed by atoms with van der Waals surface area (Å²) >= 11 is 2.33. The Kier molecular flexibility index (Phi) is 3.28. The lowest BCUT2D eigenvalue weighted by atomic mass is 10.1. The number of halogens is 1. The van der Waals surface area contributed by atoms with Gasteiger partial charge in [-0.15, -0.1) is 0 Å². The Labute approximate surface area is 131 Å². The van der Waals surface area contributed by atoms with E-state index in [1.807, 2.05) is 0 Å². The van der Waals surface area contributed by atoms with Gasteiger partial charge in [-0.2, -0.15) is 5.10 Å². The van der Waals surface area contributed by atoms with Crippen molar-refractivity contribution in [1.82, 2.24) is 15.1 Å². The number of nitrogens with one attached hydrogen (secondary N) is 1. The lowest BCUT2D eigenvalue weighted by molar-refractivity contribution is 0.0342. The van der Waals surface area contributed by atoms with E-state index in [1.165, 1.54) is 26.0 Å². The van der Waals surface area contributed by atoms with Crippen LogP contribution in [0.1, 0.15) is 16.7 Å². The van der Waals surface area contributed by atoms with E-state index in [1.54, 1.807) is 0 Å². The molecule has 0 atom stereocenters. The molecule has 0 saturated carbocycles. The van der Waals surface area contributed by atoms with Crippen LogP contribution in [0.4, 0.5) is 0 Å². The number of hydrogen-bond donors (Lipinski definition) is 1. The fraction of sp³-hybridized carbons (Fsp3) is 0.400. The van der Waals surface area contributed by atoms with Gasteiger partial charge < -0.3 is 4.74 Å². The minimum absolute atomic E-state index is 0.860. The van der Waals surface area contributed by atoms with E-state index < -0.39 is 0 Å². The predicted molar refractivity (Wildman–Crippen MR) is 85.6 cm³/mol. The molecular weight excluding hydrogens is 365 g/mol. The number of H-pyrrole nitrogens is 1. The molecule has 1 aliphatic heterocycles. The molecule has 2 heterocycles. The van der Waals surface area contributed by atoms with Crippen LogP contribution in [0.25, 0.3) is 11.3 Å². The Hall–Kier alpha value is -0.920. The van der Waals surface area contributed by atoms with Crippen molar-refractivity contribution in [2.75, 3.05) is 26.3 Å². The van der Waals surface area contributed by atoms with Crippen LogP contribution in [-0.4, -0.2) is 41.4 Å². The van der Waals surface area contributed by atoms with Crippen LogP contribution < -0.4 is 0 Å². The third-order valence-corrected chi connectivity index (χ3v) is 5.01. The smallest absolute Gasteiger partial charge is 0.0999 e. The largest absolute Gasteiger partial charge is 0.379 e. The fourth-order valence-electron chi connectivity index (χ4n) is 3.06. The van der Waals surface area contributed by atoms with E-state index in [0.29, 0.717) is 0 Å². The minimum atomic E-state index is 0.860. The highest BCUT2D eigenvalue weighted by molar-refractivity contribution is 14.1. The van der Waals surface area contributed by atoms with Gasteiger partial charge in [0.05, 0.1) is 22.6 Å². The molecule has 5 heteroatoms. The number of hydrogen-bond acceptors (Lipinski definition) is 3. The van der Waals surface area contributed by atoms with Gasteiger partial charge in [0.1, 0.15) is 0 Å². The normalized spacial score (nSPS) is 18.1. The van der Waals surface area contributed by atoms with Crippen LogP contribution in [-0.2, 0) is 17.7 Å². The van der Waals surface area contributed by atoms with Gasteiger partial charge in [0.15, 0.2) is 0 Å². The van der Waals surface area contributed by atoms with E-state index >= 15 is 0 Å². The van der Waals surface area contributed by atoms with Crippen LogP contribution in [0.2, 0.25) is 0 Å². The van der Waals surface area contributed by atoms with Crippen LogP contribution >= 0.6 is 22.6 Å². The topological polar surface area (TPSA) is 41.2 Å². The number of nitrogens with zero attached hydrogens (tertiary/aromatic N) is 2. The quantitative estimate of drug-likeness (QED) is 0.694. The molecule has 1 saturated heterocycles. The second-order valence-electron chi connectivity index (χ2n) is 5.42. The maximum absolute atomic E-state index is 5.40. The van der Waals surface area contributed by atoms with Gasteiger partial charge in [-0.25, -0.2) is 0 Å². The average molecular weight is 381 g/mol. The Bertz CT molecular complexity index is 647. The van der Waals surface area contributed by atoms with Gasteiger partial charge in [0.2, 0.25) is 0 Å². The number of rotatable bonds is 2. The van der Waals surface area contributed by atoms with Crippen LogP contribution in [0.5, 0.6) is 0 Å². The molecule has 0 bridgehead atoms. The molecule has 0 radical (unpaired) electrons. The Morgan fingerprint density at radius 1 is 1.30 bits per heavy atom. The first-order chi connectivity index (χ1) is 9.81. The zero-order chi connectivity index (χ0) is 13.5. The highest BCUT2D eigenvalue weighted by Gasteiger charge is 2.24. The number of fused-ring (bicyclic) bond motifs is 3. The summed E-state index contributed by atoms with van der Waals surface area (Å²) in [5.41, 5.74) is 6.60. The molecule has 1 aromatic heterocycles. The second-order valence-corrected chi connectivity index (χ2v) is 6.50. The van der Waals surface area contributed by atoms with Gasteiger partial charge >= 0.3 is 0 Å². The van der Waals surface area contributed by atoms with Crippen LogP contribution in [0.3, 0.4) is 0 Å². The Morgan fingerprint density at radius 2 is 2.15 bits per heavy atom. The summed E-state index contributed by atoms with van der Waals surface area (Å²) in [6.45, 7) is 4.82. The van der Waals surface area contributed by atoms with Crippen molar-refractivity contribution in [2.24, 2.45) is 0 Å². The van der Waals surface area contributed by atoms with E-state index in [-0.39, 0.29) is 0 Å². The average Bonchev–Trinajstić information content (AvgIpc) is 3.00. The standard InChI is InChI=1S/C15H16IN3O/c16-15-13-8-11-7-10(9-19-3-5-20-6-4-19)1-2-12(11)14(13)17-18-15/h1-2,7H,3-6,8-9H2,(H,17,18). The van der Waals surface area contributed by atoms with E-state index in [0.717, 1.165) is 45.0 Å². The van der Waals surface area contributed by atoms with E-state index in [4.69, 9.17) is 4.74 Å². The molecule has 1 aromatic carbocycles. The molecule has 0 spiro atoms. The van der Waals surface area contributed by atoms with E-state index in [2.05, 4.69) is 55.9 Å². The van der Waals surface area contributed by atoms with Gasteiger partial charge in [-0.3, -0.25) is 10.00 Å². The number of benzene rings is 1. The van der Waals surface area contributed by atoms with Gasteiger partial charge in [-0.05, 0) is 33.7 Å². The fourth-order valence-corrected chi connectivity index (χ4v) is 3.63. The molecule has 20 heavy (non-hydrogen) atoms. The van der Waals surface area contributed by atoms with Gasteiger partial charge in [-0.1, -0.05) is 18.2 Å². The van der Waals surface area contributed by atoms with Crippen LogP contribution in [0.15, 0.2) is 18.2 Å². The first kappa shape index (κ1) is 12.8. The maximum Gasteiger partial charge on any atom is 0.0999 e. The summed E-state index contributed by atoms with van der Waals surface area (Å²) in [4.78, 5) is 2.46. The zero-order valence-electron chi connectivity index (χ0n) is 11.2. The number of aromatic amines is 1. The summed E-state index contributed by atoms with van der Waals surface area (Å²) in [6, 6.07) is 6.82. The summed E-state index contributed by atoms with van der Waals surface area (Å²) in [6.07, 6.45) is 1.01. The first-order valence-corrected chi connectivity index (χ1v) is 8.04. The van der Waals surface area contributed by atoms with Crippen LogP contribution in [0, 0.1) is 3.70 Å². The van der Waals surface area contributed by atoms with Gasteiger partial charge in [0.25, 0.3) is 0 Å². The number of ether oxygens (including phenoxy) is 1. The number of morpholine rings is 1. The molecule has 0 amide bonds. The first-order valence-electron chi connectivity index (χ1n) is 6.96. The third-order valence-electron chi connectivity index (χ3n) is 4.12. The molecule has 104 valence electrons. The minimum Gasteiger partial charge on any atom is -0.379 e. The molecule has 0 unspecified atom stereocenters. The van der Waals surface area contributed by atoms with Crippen molar-refractivity contribution in [2.45, 2.75) is 13.0 Å². The molecule has 1 fully saturated rings. The Morgan fingerprint density at radius 3 is 3.00 bits per heavy atom. The molecule has 1 aliphatic carbocycles. The number of aromatic nitrogens is 2. The Balaban J connectivity index is 1.58. The zero-order valence-corrected chi connectivity index (χ0v) is 13.3. The summed E-state index contributed by atoms with van der Waals surface area (Å²) in [5, 5.41) is 7.50. The summed E-state index contributed by atoms with van der Waals surface area (Å²) < 4.78 is 6.57. The maximum atomic E-state index is 5.40. The van der Waals surface area contributed by atoms with Crippen molar-refractivity contribution in [3.8, 4) is 11.3 Å². The van der Waals surface area contributed by atoms with E-state index in [9.17, 15) is 0 Å². The third kappa shape index (κ3) is 2.17. The molecule has 4 nitrogen and oxygen atoms in total. The predicted octanol–water partition coefficient (Wildman–Crippen LogP) is 2.42. The molecule has 2 aliphatic rings. The second kappa shape index (κ2) is 5.13. The van der Waals surface area contributed by atoms with Gasteiger partial charge in [0, 0.05) is 37.2 Å². The van der Waals surface area contributed by atoms with Crippen molar-refractivity contribution >= 4 is 22.6 Å². The van der Waals surface area contributed by atoms with Crippen molar-refractivity contribution in [1.29, 1.82) is 0 Å². The molecule has 4 rings (SSSR count). The molecule has 2 aromatic rings. The molecule has 1 N–H and O–H groups in total.